The van der Waals surface area contributed by atoms with Gasteiger partial charge in [0.1, 0.15) is 5.78 Å². The van der Waals surface area contributed by atoms with Gasteiger partial charge in [-0.2, -0.15) is 0 Å². The third kappa shape index (κ3) is 1.54. The molecule has 1 aliphatic heterocycles. The van der Waals surface area contributed by atoms with Crippen LogP contribution in [0.5, 0.6) is 0 Å². The van der Waals surface area contributed by atoms with Crippen molar-refractivity contribution in [1.82, 2.24) is 0 Å². The number of hydrogen-bond acceptors (Lipinski definition) is 1. The fourth-order valence-corrected chi connectivity index (χ4v) is 4.52. The molecule has 90 valence electrons. The van der Waals surface area contributed by atoms with Gasteiger partial charge in [0.15, 0.2) is 0 Å². The Balaban J connectivity index is 1.81. The molecule has 2 heteroatoms. The van der Waals surface area contributed by atoms with Crippen LogP contribution in [0.1, 0.15) is 44.9 Å². The number of fused-ring (bicyclic) bond motifs is 2. The van der Waals surface area contributed by atoms with Crippen LogP contribution in [0.2, 0.25) is 0 Å². The number of carbonyl (C=O) groups is 1. The first-order valence-corrected chi connectivity index (χ1v) is 7.09. The number of hydrogen-bond donors (Lipinski definition) is 0. The van der Waals surface area contributed by atoms with E-state index in [9.17, 15) is 4.79 Å². The van der Waals surface area contributed by atoms with Gasteiger partial charge in [-0.3, -0.25) is 4.79 Å². The van der Waals surface area contributed by atoms with E-state index in [1.54, 1.807) is 0 Å². The fourth-order valence-electron chi connectivity index (χ4n) is 4.52. The van der Waals surface area contributed by atoms with E-state index < -0.39 is 0 Å². The first-order valence-electron chi connectivity index (χ1n) is 7.09. The average Bonchev–Trinajstić information content (AvgIpc) is 2.53. The van der Waals surface area contributed by atoms with Crippen molar-refractivity contribution in [2.45, 2.75) is 51.0 Å². The van der Waals surface area contributed by atoms with Gasteiger partial charge in [-0.1, -0.05) is 0 Å². The van der Waals surface area contributed by atoms with Crippen molar-refractivity contribution >= 4 is 5.78 Å². The number of rotatable bonds is 1. The van der Waals surface area contributed by atoms with Crippen molar-refractivity contribution in [2.24, 2.45) is 11.8 Å². The summed E-state index contributed by atoms with van der Waals surface area (Å²) in [5, 5.41) is 0. The van der Waals surface area contributed by atoms with Crippen molar-refractivity contribution in [3.05, 3.63) is 0 Å². The monoisotopic (exact) mass is 222 g/mol. The maximum atomic E-state index is 12.2. The molecule has 3 atom stereocenters. The van der Waals surface area contributed by atoms with Crippen LogP contribution in [-0.4, -0.2) is 36.4 Å². The van der Waals surface area contributed by atoms with Crippen molar-refractivity contribution in [3.63, 3.8) is 0 Å². The molecule has 3 aliphatic rings. The Labute approximate surface area is 98.6 Å². The van der Waals surface area contributed by atoms with E-state index in [1.165, 1.54) is 62.5 Å². The summed E-state index contributed by atoms with van der Waals surface area (Å²) in [6.45, 7) is 2.64. The second kappa shape index (κ2) is 3.83. The lowest BCUT2D eigenvalue weighted by molar-refractivity contribution is -0.940. The van der Waals surface area contributed by atoms with E-state index in [0.29, 0.717) is 23.7 Å². The highest BCUT2D eigenvalue weighted by molar-refractivity contribution is 5.86. The highest BCUT2D eigenvalue weighted by atomic mass is 16.1. The third-order valence-electron chi connectivity index (χ3n) is 5.51. The molecule has 0 aromatic carbocycles. The third-order valence-corrected chi connectivity index (χ3v) is 5.51. The van der Waals surface area contributed by atoms with Gasteiger partial charge >= 0.3 is 0 Å². The summed E-state index contributed by atoms with van der Waals surface area (Å²) in [6, 6.07) is 0.673. The highest BCUT2D eigenvalue weighted by Crippen LogP contribution is 2.43. The highest BCUT2D eigenvalue weighted by Gasteiger charge is 2.50. The topological polar surface area (TPSA) is 17.1 Å². The van der Waals surface area contributed by atoms with Crippen LogP contribution in [0.15, 0.2) is 0 Å². The van der Waals surface area contributed by atoms with Crippen molar-refractivity contribution in [3.8, 4) is 0 Å². The summed E-state index contributed by atoms with van der Waals surface area (Å²) < 4.78 is 1.21. The number of Topliss-reactive ketones (excluding diaryl/α,β-unsaturated/α-hetero) is 1. The van der Waals surface area contributed by atoms with Crippen molar-refractivity contribution < 1.29 is 9.28 Å². The summed E-state index contributed by atoms with van der Waals surface area (Å²) in [5.74, 6) is 1.51. The zero-order valence-corrected chi connectivity index (χ0v) is 10.5. The van der Waals surface area contributed by atoms with Crippen LogP contribution in [0.4, 0.5) is 0 Å². The van der Waals surface area contributed by atoms with Gasteiger partial charge in [0, 0.05) is 12.3 Å². The fraction of sp³-hybridized carbons (Fsp3) is 0.929. The van der Waals surface area contributed by atoms with E-state index in [2.05, 4.69) is 7.05 Å². The molecule has 0 spiro atoms. The maximum Gasteiger partial charge on any atom is 0.144 e. The van der Waals surface area contributed by atoms with Crippen LogP contribution in [0.25, 0.3) is 0 Å². The summed E-state index contributed by atoms with van der Waals surface area (Å²) in [4.78, 5) is 12.2. The second-order valence-corrected chi connectivity index (χ2v) is 6.42. The van der Waals surface area contributed by atoms with E-state index >= 15 is 0 Å². The zero-order valence-electron chi connectivity index (χ0n) is 10.5. The zero-order chi connectivity index (χ0) is 11.2. The smallest absolute Gasteiger partial charge is 0.144 e. The second-order valence-electron chi connectivity index (χ2n) is 6.42. The molecule has 3 rings (SSSR count). The standard InChI is InChI=1S/C14H24NO/c1-15(9-3-2-4-10-15)13-8-6-11-5-7-12(13)14(11)16/h11-13H,2-10H2,1H3/q+1/t11-,12+,13+/m0/s1. The van der Waals surface area contributed by atoms with Gasteiger partial charge in [0.2, 0.25) is 0 Å². The van der Waals surface area contributed by atoms with E-state index in [0.717, 1.165) is 0 Å². The molecular weight excluding hydrogens is 198 g/mol. The van der Waals surface area contributed by atoms with Gasteiger partial charge in [-0.15, -0.1) is 0 Å². The van der Waals surface area contributed by atoms with Crippen molar-refractivity contribution in [1.29, 1.82) is 0 Å². The molecule has 2 bridgehead atoms. The lowest BCUT2D eigenvalue weighted by Crippen LogP contribution is -2.59. The average molecular weight is 222 g/mol. The number of quaternary nitrogens is 1. The number of carbonyl (C=O) groups excluding carboxylic acids is 1. The molecule has 0 amide bonds. The minimum atomic E-state index is 0.432. The van der Waals surface area contributed by atoms with E-state index in [1.807, 2.05) is 0 Å². The molecule has 3 fully saturated rings. The van der Waals surface area contributed by atoms with Crippen LogP contribution in [0, 0.1) is 11.8 Å². The largest absolute Gasteiger partial charge is 0.323 e. The predicted octanol–water partition coefficient (Wildman–Crippen LogP) is 2.37. The molecule has 0 aromatic rings. The lowest BCUT2D eigenvalue weighted by atomic mass is 9.81. The van der Waals surface area contributed by atoms with Crippen LogP contribution in [0.3, 0.4) is 0 Å². The number of nitrogens with zero attached hydrogens (tertiary/aromatic N) is 1. The van der Waals surface area contributed by atoms with Gasteiger partial charge in [-0.25, -0.2) is 0 Å². The normalized spacial score (nSPS) is 42.3. The molecule has 2 saturated carbocycles. The molecule has 16 heavy (non-hydrogen) atoms. The molecule has 0 N–H and O–H groups in total. The first-order chi connectivity index (χ1) is 7.71. The minimum absolute atomic E-state index is 0.432. The maximum absolute atomic E-state index is 12.2. The Bertz CT molecular complexity index is 293. The van der Waals surface area contributed by atoms with Crippen LogP contribution < -0.4 is 0 Å². The Kier molecular flexibility index (Phi) is 2.58. The SMILES string of the molecule is C[N+]1([C@@H]2CC[C@@H]3CC[C@H]2C3=O)CCCCC1. The number of likely N-dealkylation sites (tertiary alicyclic amines) is 1. The van der Waals surface area contributed by atoms with E-state index in [4.69, 9.17) is 0 Å². The Hall–Kier alpha value is -0.370. The Morgan fingerprint density at radius 2 is 1.69 bits per heavy atom. The van der Waals surface area contributed by atoms with E-state index in [-0.39, 0.29) is 0 Å². The molecule has 0 unspecified atom stereocenters. The Morgan fingerprint density at radius 1 is 1.00 bits per heavy atom. The lowest BCUT2D eigenvalue weighted by Gasteiger charge is -2.47. The minimum Gasteiger partial charge on any atom is -0.323 e. The molecule has 1 saturated heterocycles. The summed E-state index contributed by atoms with van der Waals surface area (Å²) >= 11 is 0. The molecular formula is C14H24NO+. The van der Waals surface area contributed by atoms with Crippen molar-refractivity contribution in [2.75, 3.05) is 20.1 Å². The predicted molar refractivity (Wildman–Crippen MR) is 64.0 cm³/mol. The number of ketones is 1. The first kappa shape index (κ1) is 10.8. The molecule has 0 aromatic heterocycles. The van der Waals surface area contributed by atoms with Crippen LogP contribution >= 0.6 is 0 Å². The molecule has 2 aliphatic carbocycles. The van der Waals surface area contributed by atoms with Gasteiger partial charge in [0.25, 0.3) is 0 Å². The molecule has 0 radical (unpaired) electrons. The number of piperidine rings is 1. The Morgan fingerprint density at radius 3 is 2.44 bits per heavy atom. The van der Waals surface area contributed by atoms with Gasteiger partial charge < -0.3 is 4.48 Å². The molecule has 1 heterocycles. The summed E-state index contributed by atoms with van der Waals surface area (Å²) in [7, 11) is 2.41. The summed E-state index contributed by atoms with van der Waals surface area (Å²) in [5.41, 5.74) is 0. The summed E-state index contributed by atoms with van der Waals surface area (Å²) in [6.07, 6.45) is 9.05. The van der Waals surface area contributed by atoms with Gasteiger partial charge in [0.05, 0.1) is 32.1 Å². The molecule has 2 nitrogen and oxygen atoms in total. The van der Waals surface area contributed by atoms with Crippen LogP contribution in [-0.2, 0) is 4.79 Å². The van der Waals surface area contributed by atoms with Gasteiger partial charge in [-0.05, 0) is 38.5 Å². The quantitative estimate of drug-likeness (QED) is 0.623.